The SMILES string of the molecule is CC(OC(=O)c1ccccc1)C(C)C(CC(F)(F)F)OP(=O)(c1ccccc1)c1ccccc1. The Hall–Kier alpha value is -2.89. The molecule has 3 atom stereocenters. The molecule has 0 aliphatic heterocycles. The van der Waals surface area contributed by atoms with Crippen LogP contribution in [0.4, 0.5) is 13.2 Å². The Labute approximate surface area is 197 Å². The van der Waals surface area contributed by atoms with E-state index in [0.717, 1.165) is 0 Å². The largest absolute Gasteiger partial charge is 0.459 e. The number of alkyl halides is 3. The van der Waals surface area contributed by atoms with Gasteiger partial charge in [0, 0.05) is 16.5 Å². The average Bonchev–Trinajstić information content (AvgIpc) is 2.83. The van der Waals surface area contributed by atoms with E-state index in [1.807, 2.05) is 0 Å². The van der Waals surface area contributed by atoms with Gasteiger partial charge >= 0.3 is 12.1 Å². The number of ether oxygens (including phenoxy) is 1. The van der Waals surface area contributed by atoms with Crippen molar-refractivity contribution in [3.05, 3.63) is 96.6 Å². The molecular formula is C26H26F3O4P. The van der Waals surface area contributed by atoms with Crippen molar-refractivity contribution in [1.29, 1.82) is 0 Å². The van der Waals surface area contributed by atoms with Gasteiger partial charge in [-0.2, -0.15) is 13.2 Å². The second-order valence-electron chi connectivity index (χ2n) is 8.02. The zero-order chi connectivity index (χ0) is 24.8. The number of rotatable bonds is 9. The molecule has 0 saturated heterocycles. The molecular weight excluding hydrogens is 464 g/mol. The smallest absolute Gasteiger partial charge is 0.391 e. The van der Waals surface area contributed by atoms with Gasteiger partial charge in [0.1, 0.15) is 6.10 Å². The molecule has 0 aromatic heterocycles. The van der Waals surface area contributed by atoms with E-state index in [-0.39, 0.29) is 16.2 Å². The van der Waals surface area contributed by atoms with E-state index >= 15 is 0 Å². The molecule has 0 spiro atoms. The summed E-state index contributed by atoms with van der Waals surface area (Å²) in [4.78, 5) is 12.5. The van der Waals surface area contributed by atoms with Crippen LogP contribution in [-0.4, -0.2) is 24.4 Å². The third-order valence-corrected chi connectivity index (χ3v) is 8.06. The zero-order valence-corrected chi connectivity index (χ0v) is 19.7. The van der Waals surface area contributed by atoms with Gasteiger partial charge in [-0.1, -0.05) is 61.5 Å². The Morgan fingerprint density at radius 1 is 0.824 bits per heavy atom. The number of halogens is 3. The minimum atomic E-state index is -4.58. The Kier molecular flexibility index (Phi) is 8.34. The molecule has 4 nitrogen and oxygen atoms in total. The van der Waals surface area contributed by atoms with Crippen LogP contribution in [0.25, 0.3) is 0 Å². The Morgan fingerprint density at radius 3 is 1.71 bits per heavy atom. The number of hydrogen-bond donors (Lipinski definition) is 0. The van der Waals surface area contributed by atoms with Crippen LogP contribution < -0.4 is 10.6 Å². The molecule has 3 aromatic rings. The van der Waals surface area contributed by atoms with E-state index in [2.05, 4.69) is 0 Å². The van der Waals surface area contributed by atoms with Crippen molar-refractivity contribution in [2.75, 3.05) is 0 Å². The van der Waals surface area contributed by atoms with E-state index in [1.165, 1.54) is 13.8 Å². The molecule has 0 bridgehead atoms. The first-order valence-electron chi connectivity index (χ1n) is 10.8. The highest BCUT2D eigenvalue weighted by molar-refractivity contribution is 7.74. The van der Waals surface area contributed by atoms with Crippen molar-refractivity contribution in [1.82, 2.24) is 0 Å². The molecule has 3 unspecified atom stereocenters. The molecule has 0 amide bonds. The summed E-state index contributed by atoms with van der Waals surface area (Å²) in [6.07, 6.45) is -8.38. The van der Waals surface area contributed by atoms with Crippen LogP contribution in [0.5, 0.6) is 0 Å². The van der Waals surface area contributed by atoms with Crippen molar-refractivity contribution in [3.63, 3.8) is 0 Å². The molecule has 0 aliphatic rings. The lowest BCUT2D eigenvalue weighted by Crippen LogP contribution is -2.37. The van der Waals surface area contributed by atoms with Gasteiger partial charge in [0.2, 0.25) is 0 Å². The molecule has 0 radical (unpaired) electrons. The van der Waals surface area contributed by atoms with Crippen LogP contribution in [0, 0.1) is 5.92 Å². The van der Waals surface area contributed by atoms with Crippen molar-refractivity contribution >= 4 is 23.9 Å². The van der Waals surface area contributed by atoms with Crippen molar-refractivity contribution < 1.29 is 31.8 Å². The molecule has 34 heavy (non-hydrogen) atoms. The van der Waals surface area contributed by atoms with Gasteiger partial charge in [-0.15, -0.1) is 0 Å². The first-order valence-corrected chi connectivity index (χ1v) is 12.4. The summed E-state index contributed by atoms with van der Waals surface area (Å²) in [6, 6.07) is 24.5. The van der Waals surface area contributed by atoms with Gasteiger partial charge < -0.3 is 9.26 Å². The highest BCUT2D eigenvalue weighted by Gasteiger charge is 2.42. The average molecular weight is 490 g/mol. The molecule has 0 fully saturated rings. The number of esters is 1. The maximum Gasteiger partial charge on any atom is 0.391 e. The molecule has 0 heterocycles. The van der Waals surface area contributed by atoms with Crippen LogP contribution in [-0.2, 0) is 13.8 Å². The zero-order valence-electron chi connectivity index (χ0n) is 18.8. The topological polar surface area (TPSA) is 52.6 Å². The van der Waals surface area contributed by atoms with E-state index < -0.39 is 44.1 Å². The standard InChI is InChI=1S/C26H26F3O4P/c1-19(20(2)32-25(30)21-12-6-3-7-13-21)24(18-26(27,28)29)33-34(31,22-14-8-4-9-15-22)23-16-10-5-11-17-23/h3-17,19-20,24H,18H2,1-2H3. The summed E-state index contributed by atoms with van der Waals surface area (Å²) in [5, 5.41) is 0.573. The quantitative estimate of drug-likeness (QED) is 0.267. The van der Waals surface area contributed by atoms with Gasteiger partial charge in [0.25, 0.3) is 7.37 Å². The Balaban J connectivity index is 1.92. The maximum atomic E-state index is 14.2. The predicted octanol–water partition coefficient (Wildman–Crippen LogP) is 6.13. The summed E-state index contributed by atoms with van der Waals surface area (Å²) in [5.74, 6) is -1.56. The second-order valence-corrected chi connectivity index (χ2v) is 10.4. The molecule has 3 rings (SSSR count). The monoisotopic (exact) mass is 490 g/mol. The summed E-state index contributed by atoms with van der Waals surface area (Å²) in [6.45, 7) is 3.01. The number of hydrogen-bond acceptors (Lipinski definition) is 4. The van der Waals surface area contributed by atoms with Gasteiger partial charge in [-0.05, 0) is 43.3 Å². The van der Waals surface area contributed by atoms with E-state index in [4.69, 9.17) is 9.26 Å². The molecule has 180 valence electrons. The lowest BCUT2D eigenvalue weighted by Gasteiger charge is -2.32. The highest BCUT2D eigenvalue weighted by atomic mass is 31.2. The summed E-state index contributed by atoms with van der Waals surface area (Å²) >= 11 is 0. The fourth-order valence-electron chi connectivity index (χ4n) is 3.48. The Bertz CT molecular complexity index is 1060. The lowest BCUT2D eigenvalue weighted by molar-refractivity contribution is -0.158. The highest BCUT2D eigenvalue weighted by Crippen LogP contribution is 2.48. The van der Waals surface area contributed by atoms with Crippen LogP contribution in [0.2, 0.25) is 0 Å². The lowest BCUT2D eigenvalue weighted by atomic mass is 9.96. The number of benzene rings is 3. The second kappa shape index (κ2) is 11.0. The summed E-state index contributed by atoms with van der Waals surface area (Å²) in [7, 11) is -3.89. The van der Waals surface area contributed by atoms with E-state index in [1.54, 1.807) is 91.0 Å². The van der Waals surface area contributed by atoms with Gasteiger partial charge in [-0.3, -0.25) is 4.57 Å². The van der Waals surface area contributed by atoms with Crippen LogP contribution in [0.1, 0.15) is 30.6 Å². The third-order valence-electron chi connectivity index (χ3n) is 5.54. The fourth-order valence-corrected chi connectivity index (χ4v) is 5.80. The summed E-state index contributed by atoms with van der Waals surface area (Å²) < 4.78 is 66.2. The third kappa shape index (κ3) is 6.58. The molecule has 0 N–H and O–H groups in total. The number of carbonyl (C=O) groups is 1. The maximum absolute atomic E-state index is 14.2. The van der Waals surface area contributed by atoms with Crippen molar-refractivity contribution in [2.45, 2.75) is 38.7 Å². The van der Waals surface area contributed by atoms with E-state index in [0.29, 0.717) is 0 Å². The van der Waals surface area contributed by atoms with E-state index in [9.17, 15) is 22.5 Å². The molecule has 0 saturated carbocycles. The van der Waals surface area contributed by atoms with Crippen molar-refractivity contribution in [2.24, 2.45) is 5.92 Å². The summed E-state index contributed by atoms with van der Waals surface area (Å²) in [5.41, 5.74) is 0.286. The predicted molar refractivity (Wildman–Crippen MR) is 126 cm³/mol. The Morgan fingerprint density at radius 2 is 1.26 bits per heavy atom. The molecule has 0 aliphatic carbocycles. The van der Waals surface area contributed by atoms with Crippen LogP contribution in [0.3, 0.4) is 0 Å². The minimum Gasteiger partial charge on any atom is -0.459 e. The van der Waals surface area contributed by atoms with Gasteiger partial charge in [-0.25, -0.2) is 4.79 Å². The van der Waals surface area contributed by atoms with Crippen molar-refractivity contribution in [3.8, 4) is 0 Å². The molecule has 3 aromatic carbocycles. The number of carbonyl (C=O) groups excluding carboxylic acids is 1. The molecule has 8 heteroatoms. The van der Waals surface area contributed by atoms with Gasteiger partial charge in [0.05, 0.1) is 18.1 Å². The van der Waals surface area contributed by atoms with Crippen LogP contribution in [0.15, 0.2) is 91.0 Å². The first kappa shape index (κ1) is 25.7. The normalized spacial score (nSPS) is 14.7. The van der Waals surface area contributed by atoms with Crippen LogP contribution >= 0.6 is 7.37 Å². The minimum absolute atomic E-state index is 0.286. The fraction of sp³-hybridized carbons (Fsp3) is 0.269. The first-order chi connectivity index (χ1) is 16.1. The van der Waals surface area contributed by atoms with Gasteiger partial charge in [0.15, 0.2) is 0 Å².